The molecule has 6 heteroatoms. The molecule has 0 aromatic carbocycles. The average molecular weight is 224 g/mol. The van der Waals surface area contributed by atoms with Crippen molar-refractivity contribution in [1.29, 1.82) is 0 Å². The summed E-state index contributed by atoms with van der Waals surface area (Å²) in [5.74, 6) is -0.905. The smallest absolute Gasteiger partial charge is 0.409 e. The Kier molecular flexibility index (Phi) is 6.03. The molecule has 0 aliphatic carbocycles. The van der Waals surface area contributed by atoms with Crippen LogP contribution in [-0.2, 0) is 9.53 Å². The van der Waals surface area contributed by atoms with Crippen LogP contribution in [0.5, 0.6) is 0 Å². The monoisotopic (exact) mass is 223 g/mol. The Morgan fingerprint density at radius 3 is 2.43 bits per heavy atom. The van der Waals surface area contributed by atoms with Crippen molar-refractivity contribution < 1.29 is 19.4 Å². The van der Waals surface area contributed by atoms with Crippen LogP contribution in [-0.4, -0.2) is 29.3 Å². The highest BCUT2D eigenvalue weighted by atomic mass is 35.5. The molecule has 0 bridgehead atoms. The van der Waals surface area contributed by atoms with Crippen molar-refractivity contribution in [2.24, 2.45) is 5.92 Å². The van der Waals surface area contributed by atoms with Crippen LogP contribution in [0.25, 0.3) is 0 Å². The predicted molar refractivity (Wildman–Crippen MR) is 51.2 cm³/mol. The Balaban J connectivity index is 4.09. The number of alkyl carbamates (subject to hydrolysis) is 1. The highest BCUT2D eigenvalue weighted by Crippen LogP contribution is 2.05. The molecule has 0 aromatic rings. The van der Waals surface area contributed by atoms with Crippen LogP contribution in [0.1, 0.15) is 20.3 Å². The van der Waals surface area contributed by atoms with E-state index in [1.54, 1.807) is 0 Å². The second-order valence-electron chi connectivity index (χ2n) is 3.21. The molecule has 14 heavy (non-hydrogen) atoms. The van der Waals surface area contributed by atoms with Crippen LogP contribution in [0.2, 0.25) is 0 Å². The van der Waals surface area contributed by atoms with E-state index < -0.39 is 18.1 Å². The molecule has 0 saturated heterocycles. The highest BCUT2D eigenvalue weighted by Gasteiger charge is 2.21. The highest BCUT2D eigenvalue weighted by molar-refractivity contribution is 6.17. The Labute approximate surface area is 87.4 Å². The van der Waals surface area contributed by atoms with E-state index in [4.69, 9.17) is 16.7 Å². The maximum atomic E-state index is 10.9. The van der Waals surface area contributed by atoms with Gasteiger partial charge >= 0.3 is 12.1 Å². The number of nitrogens with one attached hydrogen (secondary N) is 1. The third-order valence-corrected chi connectivity index (χ3v) is 1.59. The number of alkyl halides is 1. The maximum Gasteiger partial charge on any atom is 0.409 e. The van der Waals surface area contributed by atoms with Gasteiger partial charge in [0.2, 0.25) is 0 Å². The second-order valence-corrected chi connectivity index (χ2v) is 3.42. The van der Waals surface area contributed by atoms with Gasteiger partial charge in [-0.3, -0.25) is 0 Å². The van der Waals surface area contributed by atoms with Gasteiger partial charge in [0, 0.05) is 0 Å². The van der Waals surface area contributed by atoms with Crippen molar-refractivity contribution in [2.45, 2.75) is 26.3 Å². The third-order valence-electron chi connectivity index (χ3n) is 1.48. The average Bonchev–Trinajstić information content (AvgIpc) is 2.02. The molecule has 1 amide bonds. The summed E-state index contributed by atoms with van der Waals surface area (Å²) in [6, 6.07) is -1.22. The first-order valence-corrected chi connectivity index (χ1v) is 4.72. The fraction of sp³-hybridized carbons (Fsp3) is 0.750. The van der Waals surface area contributed by atoms with Gasteiger partial charge in [0.25, 0.3) is 0 Å². The van der Waals surface area contributed by atoms with Crippen molar-refractivity contribution >= 4 is 23.7 Å². The molecule has 0 aliphatic heterocycles. The number of rotatable bonds is 5. The number of carbonyl (C=O) groups is 2. The molecule has 2 N–H and O–H groups in total. The minimum atomic E-state index is -1.08. The number of hydrogen-bond acceptors (Lipinski definition) is 3. The van der Waals surface area contributed by atoms with Crippen molar-refractivity contribution in [2.75, 3.05) is 6.07 Å². The summed E-state index contributed by atoms with van der Waals surface area (Å²) in [4.78, 5) is 21.5. The number of halogens is 1. The van der Waals surface area contributed by atoms with E-state index >= 15 is 0 Å². The summed E-state index contributed by atoms with van der Waals surface area (Å²) < 4.78 is 4.36. The van der Waals surface area contributed by atoms with Crippen molar-refractivity contribution in [3.05, 3.63) is 0 Å². The molecule has 0 saturated carbocycles. The SMILES string of the molecule is CC(C)C[C@@H](NC(=O)OCCl)C(=O)O. The van der Waals surface area contributed by atoms with Gasteiger partial charge in [0.1, 0.15) is 6.04 Å². The number of carbonyl (C=O) groups excluding carboxylic acids is 1. The first-order valence-electron chi connectivity index (χ1n) is 4.19. The number of ether oxygens (including phenoxy) is 1. The summed E-state index contributed by atoms with van der Waals surface area (Å²) in [5.41, 5.74) is 0. The van der Waals surface area contributed by atoms with Crippen LogP contribution in [0, 0.1) is 5.92 Å². The lowest BCUT2D eigenvalue weighted by molar-refractivity contribution is -0.139. The second kappa shape index (κ2) is 6.48. The molecular formula is C8H14ClNO4. The lowest BCUT2D eigenvalue weighted by Crippen LogP contribution is -2.41. The Bertz CT molecular complexity index is 208. The van der Waals surface area contributed by atoms with Crippen LogP contribution < -0.4 is 5.32 Å². The molecular weight excluding hydrogens is 210 g/mol. The Morgan fingerprint density at radius 1 is 1.50 bits per heavy atom. The lowest BCUT2D eigenvalue weighted by atomic mass is 10.0. The van der Waals surface area contributed by atoms with Gasteiger partial charge in [-0.15, -0.1) is 0 Å². The van der Waals surface area contributed by atoms with Gasteiger partial charge in [-0.05, 0) is 12.3 Å². The number of carboxylic acids is 1. The zero-order valence-electron chi connectivity index (χ0n) is 8.12. The zero-order valence-corrected chi connectivity index (χ0v) is 8.87. The van der Waals surface area contributed by atoms with Crippen molar-refractivity contribution in [3.8, 4) is 0 Å². The van der Waals surface area contributed by atoms with E-state index in [0.29, 0.717) is 6.42 Å². The fourth-order valence-electron chi connectivity index (χ4n) is 0.926. The molecule has 0 radical (unpaired) electrons. The molecule has 0 aromatic heterocycles. The molecule has 5 nitrogen and oxygen atoms in total. The van der Waals surface area contributed by atoms with Gasteiger partial charge in [-0.2, -0.15) is 0 Å². The molecule has 0 heterocycles. The van der Waals surface area contributed by atoms with E-state index in [2.05, 4.69) is 10.1 Å². The third kappa shape index (κ3) is 5.64. The quantitative estimate of drug-likeness (QED) is 0.691. The fourth-order valence-corrected chi connectivity index (χ4v) is 1.03. The van der Waals surface area contributed by atoms with E-state index in [0.717, 1.165) is 0 Å². The molecule has 0 rings (SSSR count). The van der Waals surface area contributed by atoms with Crippen LogP contribution >= 0.6 is 11.6 Å². The minimum absolute atomic E-state index is 0.174. The number of aliphatic carboxylic acids is 1. The lowest BCUT2D eigenvalue weighted by Gasteiger charge is -2.15. The van der Waals surface area contributed by atoms with Gasteiger partial charge in [0.05, 0.1) is 0 Å². The van der Waals surface area contributed by atoms with Crippen molar-refractivity contribution in [1.82, 2.24) is 5.32 Å². The first kappa shape index (κ1) is 13.0. The van der Waals surface area contributed by atoms with Gasteiger partial charge in [-0.25, -0.2) is 9.59 Å². The summed E-state index contributed by atoms with van der Waals surface area (Å²) in [7, 11) is 0. The van der Waals surface area contributed by atoms with Gasteiger partial charge < -0.3 is 15.2 Å². The van der Waals surface area contributed by atoms with Gasteiger partial charge in [0.15, 0.2) is 6.07 Å². The molecule has 1 atom stereocenters. The summed E-state index contributed by atoms with van der Waals surface area (Å²) in [5, 5.41) is 10.9. The molecule has 82 valence electrons. The van der Waals surface area contributed by atoms with E-state index in [1.807, 2.05) is 13.8 Å². The van der Waals surface area contributed by atoms with Gasteiger partial charge in [-0.1, -0.05) is 25.4 Å². The summed E-state index contributed by atoms with van der Waals surface area (Å²) >= 11 is 5.13. The van der Waals surface area contributed by atoms with E-state index in [-0.39, 0.29) is 12.0 Å². The molecule has 0 fully saturated rings. The Hall–Kier alpha value is -0.970. The largest absolute Gasteiger partial charge is 0.480 e. The zero-order chi connectivity index (χ0) is 11.1. The number of amides is 1. The first-order chi connectivity index (χ1) is 6.47. The van der Waals surface area contributed by atoms with E-state index in [9.17, 15) is 9.59 Å². The molecule has 0 unspecified atom stereocenters. The van der Waals surface area contributed by atoms with Crippen LogP contribution in [0.3, 0.4) is 0 Å². The minimum Gasteiger partial charge on any atom is -0.480 e. The molecule has 0 spiro atoms. The normalized spacial score (nSPS) is 12.3. The predicted octanol–water partition coefficient (Wildman–Crippen LogP) is 1.41. The van der Waals surface area contributed by atoms with E-state index in [1.165, 1.54) is 0 Å². The molecule has 0 aliphatic rings. The summed E-state index contributed by atoms with van der Waals surface area (Å²) in [6.45, 7) is 3.73. The number of hydrogen-bond donors (Lipinski definition) is 2. The topological polar surface area (TPSA) is 75.6 Å². The summed E-state index contributed by atoms with van der Waals surface area (Å²) in [6.07, 6.45) is -0.458. The maximum absolute atomic E-state index is 10.9. The Morgan fingerprint density at radius 2 is 2.07 bits per heavy atom. The number of carboxylic acid groups (broad SMARTS) is 1. The van der Waals surface area contributed by atoms with Crippen molar-refractivity contribution in [3.63, 3.8) is 0 Å². The van der Waals surface area contributed by atoms with Crippen LogP contribution in [0.15, 0.2) is 0 Å². The van der Waals surface area contributed by atoms with Crippen LogP contribution in [0.4, 0.5) is 4.79 Å². The standard InChI is InChI=1S/C8H14ClNO4/c1-5(2)3-6(7(11)12)10-8(13)14-4-9/h5-6H,3-4H2,1-2H3,(H,10,13)(H,11,12)/t6-/m1/s1.